The molecule has 4 nitrogen and oxygen atoms in total. The predicted octanol–water partition coefficient (Wildman–Crippen LogP) is 8.90. The van der Waals surface area contributed by atoms with Gasteiger partial charge >= 0.3 is 0 Å². The van der Waals surface area contributed by atoms with Gasteiger partial charge in [0, 0.05) is 14.5 Å². The molecular formula is C34H72O4P2. The molecule has 0 unspecified atom stereocenters. The molecule has 0 radical (unpaired) electrons. The van der Waals surface area contributed by atoms with E-state index in [2.05, 4.69) is 55.4 Å². The average Bonchev–Trinajstić information content (AvgIpc) is 2.96. The van der Waals surface area contributed by atoms with Crippen molar-refractivity contribution in [2.45, 2.75) is 158 Å². The first-order chi connectivity index (χ1) is 19.1. The third-order valence-corrected chi connectivity index (χ3v) is 18.2. The summed E-state index contributed by atoms with van der Waals surface area (Å²) < 4.78 is 0. The van der Waals surface area contributed by atoms with Gasteiger partial charge < -0.3 is 19.8 Å². The Morgan fingerprint density at radius 1 is 0.350 bits per heavy atom. The van der Waals surface area contributed by atoms with E-state index in [-0.39, 0.29) is 0 Å². The molecule has 0 aromatic heterocycles. The van der Waals surface area contributed by atoms with Crippen LogP contribution in [0.1, 0.15) is 158 Å². The maximum atomic E-state index is 8.93. The highest BCUT2D eigenvalue weighted by Gasteiger charge is 2.35. The van der Waals surface area contributed by atoms with Crippen molar-refractivity contribution in [3.63, 3.8) is 0 Å². The van der Waals surface area contributed by atoms with Gasteiger partial charge in [-0.25, -0.2) is 0 Å². The lowest BCUT2D eigenvalue weighted by Crippen LogP contribution is -2.42. The largest absolute Gasteiger partial charge is 0.543 e. The second-order valence-electron chi connectivity index (χ2n) is 11.9. The topological polar surface area (TPSA) is 80.3 Å². The number of carbonyl (C=O) groups is 2. The van der Waals surface area contributed by atoms with Gasteiger partial charge in [0.15, 0.2) is 0 Å². The van der Waals surface area contributed by atoms with Crippen molar-refractivity contribution in [1.29, 1.82) is 0 Å². The Kier molecular flexibility index (Phi) is 35.1. The number of rotatable bonds is 24. The lowest BCUT2D eigenvalue weighted by molar-refractivity contribution is -0.345. The lowest BCUT2D eigenvalue weighted by Gasteiger charge is -2.28. The molecule has 0 saturated carbocycles. The van der Waals surface area contributed by atoms with E-state index >= 15 is 0 Å². The second kappa shape index (κ2) is 31.7. The Balaban J connectivity index is -0.000000569. The van der Waals surface area contributed by atoms with Gasteiger partial charge in [0.05, 0.1) is 61.2 Å². The van der Waals surface area contributed by atoms with Crippen molar-refractivity contribution in [1.82, 2.24) is 0 Å². The molecule has 0 rings (SSSR count). The molecule has 0 aliphatic rings. The molecule has 40 heavy (non-hydrogen) atoms. The minimum absolute atomic E-state index is 0.562. The van der Waals surface area contributed by atoms with Crippen LogP contribution in [0.5, 0.6) is 0 Å². The van der Waals surface area contributed by atoms with E-state index in [9.17, 15) is 0 Å². The molecule has 0 aliphatic carbocycles. The van der Waals surface area contributed by atoms with Crippen LogP contribution in [-0.2, 0) is 9.59 Å². The van der Waals surface area contributed by atoms with Gasteiger partial charge in [-0.15, -0.1) is 0 Å². The van der Waals surface area contributed by atoms with Crippen LogP contribution in [0, 0.1) is 0 Å². The van der Waals surface area contributed by atoms with Crippen LogP contribution in [-0.4, -0.2) is 61.2 Å². The number of aliphatic carboxylic acids is 2. The minimum atomic E-state index is -2.19. The van der Waals surface area contributed by atoms with E-state index in [1.165, 1.54) is 103 Å². The summed E-state index contributed by atoms with van der Waals surface area (Å²) in [6.07, 6.45) is 35.9. The van der Waals surface area contributed by atoms with Gasteiger partial charge in [0.25, 0.3) is 0 Å². The molecule has 0 amide bonds. The number of hydrogen-bond acceptors (Lipinski definition) is 4. The van der Waals surface area contributed by atoms with Crippen LogP contribution in [0.25, 0.3) is 0 Å². The van der Waals surface area contributed by atoms with E-state index in [0.717, 1.165) is 0 Å². The van der Waals surface area contributed by atoms with Crippen molar-refractivity contribution >= 4 is 26.5 Å². The number of hydrogen-bond donors (Lipinski definition) is 0. The van der Waals surface area contributed by atoms with E-state index in [1.807, 2.05) is 0 Å². The molecule has 0 aromatic rings. The van der Waals surface area contributed by atoms with Crippen molar-refractivity contribution in [2.24, 2.45) is 0 Å². The van der Waals surface area contributed by atoms with Gasteiger partial charge in [-0.05, 0) is 51.4 Å². The summed E-state index contributed by atoms with van der Waals surface area (Å²) >= 11 is 0. The molecule has 0 saturated heterocycles. The molecule has 0 bridgehead atoms. The number of carboxylic acids is 2. The summed E-state index contributed by atoms with van der Waals surface area (Å²) in [7, 11) is -1.12. The van der Waals surface area contributed by atoms with Crippen molar-refractivity contribution < 1.29 is 19.8 Å². The number of unbranched alkanes of at least 4 members (excludes halogenated alkanes) is 8. The fourth-order valence-electron chi connectivity index (χ4n) is 5.29. The summed E-state index contributed by atoms with van der Waals surface area (Å²) in [5.74, 6) is -4.37. The first-order valence-corrected chi connectivity index (χ1v) is 22.3. The zero-order valence-electron chi connectivity index (χ0n) is 28.5. The Labute approximate surface area is 253 Å². The fraction of sp³-hybridized carbons (Fsp3) is 0.941. The molecule has 0 aliphatic heterocycles. The normalized spacial score (nSPS) is 11.3. The van der Waals surface area contributed by atoms with Crippen molar-refractivity contribution in [2.75, 3.05) is 49.3 Å². The van der Waals surface area contributed by atoms with E-state index in [1.54, 1.807) is 49.3 Å². The molecule has 6 heteroatoms. The predicted molar refractivity (Wildman–Crippen MR) is 182 cm³/mol. The molecular weight excluding hydrogens is 534 g/mol. The summed E-state index contributed by atoms with van der Waals surface area (Å²) in [6.45, 7) is 18.8. The van der Waals surface area contributed by atoms with Gasteiger partial charge in [-0.2, -0.15) is 0 Å². The zero-order valence-corrected chi connectivity index (χ0v) is 30.3. The monoisotopic (exact) mass is 606 g/mol. The molecule has 0 fully saturated rings. The molecule has 0 heterocycles. The quantitative estimate of drug-likeness (QED) is 0.0812. The third-order valence-electron chi connectivity index (χ3n) is 8.05. The van der Waals surface area contributed by atoms with E-state index in [4.69, 9.17) is 19.8 Å². The van der Waals surface area contributed by atoms with Gasteiger partial charge in [-0.1, -0.05) is 107 Å². The molecule has 242 valence electrons. The molecule has 0 atom stereocenters. The van der Waals surface area contributed by atoms with Crippen LogP contribution in [0.2, 0.25) is 0 Å². The SMILES string of the molecule is CCCC[P+](CCCC)(CCCC)CCCC.CCCC[P+](CCCC)(CCCC)CCCC.O=C([O-])C(=O)[O-]. The minimum Gasteiger partial charge on any atom is -0.543 e. The molecule has 0 N–H and O–H groups in total. The maximum Gasteiger partial charge on any atom is 0.0870 e. The Bertz CT molecular complexity index is 431. The highest BCUT2D eigenvalue weighted by atomic mass is 31.2. The maximum absolute atomic E-state index is 8.93. The average molecular weight is 607 g/mol. The van der Waals surface area contributed by atoms with Crippen LogP contribution in [0.15, 0.2) is 0 Å². The van der Waals surface area contributed by atoms with Gasteiger partial charge in [0.1, 0.15) is 0 Å². The lowest BCUT2D eigenvalue weighted by atomic mass is 10.4. The molecule has 0 spiro atoms. The summed E-state index contributed by atoms with van der Waals surface area (Å²) in [5.41, 5.74) is 0. The summed E-state index contributed by atoms with van der Waals surface area (Å²) in [6, 6.07) is 0. The van der Waals surface area contributed by atoms with Gasteiger partial charge in [-0.3, -0.25) is 0 Å². The highest BCUT2D eigenvalue weighted by Crippen LogP contribution is 2.62. The van der Waals surface area contributed by atoms with Crippen LogP contribution in [0.4, 0.5) is 0 Å². The van der Waals surface area contributed by atoms with Crippen LogP contribution >= 0.6 is 14.5 Å². The fourth-order valence-corrected chi connectivity index (χ4v) is 15.9. The van der Waals surface area contributed by atoms with Crippen LogP contribution < -0.4 is 10.2 Å². The third kappa shape index (κ3) is 26.7. The second-order valence-corrected chi connectivity index (χ2v) is 20.8. The zero-order chi connectivity index (χ0) is 31.1. The Hall–Kier alpha value is -0.200. The smallest absolute Gasteiger partial charge is 0.0870 e. The Morgan fingerprint density at radius 3 is 0.550 bits per heavy atom. The van der Waals surface area contributed by atoms with Crippen molar-refractivity contribution in [3.8, 4) is 0 Å². The van der Waals surface area contributed by atoms with E-state index in [0.29, 0.717) is 0 Å². The summed E-state index contributed by atoms with van der Waals surface area (Å²) in [4.78, 5) is 17.9. The number of carbonyl (C=O) groups excluding carboxylic acids is 2. The van der Waals surface area contributed by atoms with Crippen molar-refractivity contribution in [3.05, 3.63) is 0 Å². The van der Waals surface area contributed by atoms with E-state index < -0.39 is 26.5 Å². The van der Waals surface area contributed by atoms with Gasteiger partial charge in [0.2, 0.25) is 0 Å². The first-order valence-electron chi connectivity index (χ1n) is 17.3. The Morgan fingerprint density at radius 2 is 0.475 bits per heavy atom. The number of carboxylic acid groups (broad SMARTS) is 2. The van der Waals surface area contributed by atoms with Crippen LogP contribution in [0.3, 0.4) is 0 Å². The molecule has 0 aromatic carbocycles. The highest BCUT2D eigenvalue weighted by molar-refractivity contribution is 7.76. The first kappa shape index (κ1) is 44.2. The summed E-state index contributed by atoms with van der Waals surface area (Å²) in [5, 5.41) is 17.9. The standard InChI is InChI=1S/2C16H36P.C2H2O4/c2*1-5-9-13-17(14-10-6-2,15-11-7-3)16-12-8-4;3-1(4)2(5)6/h2*5-16H2,1-4H3;(H,3,4)(H,5,6)/q2*+1;/p-2.